The lowest BCUT2D eigenvalue weighted by Gasteiger charge is -2.23. The summed E-state index contributed by atoms with van der Waals surface area (Å²) in [6.07, 6.45) is -2.20. The lowest BCUT2D eigenvalue weighted by Crippen LogP contribution is -2.46. The van der Waals surface area contributed by atoms with Crippen molar-refractivity contribution in [1.29, 1.82) is 0 Å². The maximum atomic E-state index is 12.8. The molecule has 1 aliphatic heterocycles. The number of esters is 1. The molecule has 0 aromatic heterocycles. The minimum Gasteiger partial charge on any atom is -0.489 e. The third-order valence-corrected chi connectivity index (χ3v) is 4.77. The number of benzene rings is 2. The number of alkyl carbamates (subject to hydrolysis) is 1. The van der Waals surface area contributed by atoms with Gasteiger partial charge < -0.3 is 19.5 Å². The summed E-state index contributed by atoms with van der Waals surface area (Å²) in [6.45, 7) is 5.51. The molecule has 2 N–H and O–H groups in total. The Morgan fingerprint density at radius 3 is 2.29 bits per heavy atom. The van der Waals surface area contributed by atoms with E-state index in [1.807, 2.05) is 30.3 Å². The molecule has 2 atom stereocenters. The van der Waals surface area contributed by atoms with E-state index in [9.17, 15) is 19.2 Å². The molecule has 1 heterocycles. The summed E-state index contributed by atoms with van der Waals surface area (Å²) in [6, 6.07) is 15.7. The molecule has 9 heteroatoms. The van der Waals surface area contributed by atoms with Crippen molar-refractivity contribution < 1.29 is 33.4 Å². The topological polar surface area (TPSA) is 120 Å². The van der Waals surface area contributed by atoms with Gasteiger partial charge in [0.1, 0.15) is 24.0 Å². The zero-order valence-electron chi connectivity index (χ0n) is 19.3. The van der Waals surface area contributed by atoms with Crippen LogP contribution in [0.15, 0.2) is 54.6 Å². The molecule has 1 aliphatic rings. The van der Waals surface area contributed by atoms with Gasteiger partial charge in [-0.2, -0.15) is 0 Å². The zero-order valence-corrected chi connectivity index (χ0v) is 19.3. The first-order chi connectivity index (χ1) is 16.1. The van der Waals surface area contributed by atoms with Gasteiger partial charge in [-0.3, -0.25) is 14.9 Å². The summed E-state index contributed by atoms with van der Waals surface area (Å²) >= 11 is 0. The first-order valence-corrected chi connectivity index (χ1v) is 10.9. The van der Waals surface area contributed by atoms with Crippen molar-refractivity contribution in [3.05, 3.63) is 65.7 Å². The normalized spacial score (nSPS) is 16.4. The average molecular weight is 469 g/mol. The molecular weight excluding hydrogens is 440 g/mol. The maximum Gasteiger partial charge on any atom is 0.408 e. The van der Waals surface area contributed by atoms with Gasteiger partial charge in [-0.25, -0.2) is 9.59 Å². The molecule has 0 radical (unpaired) electrons. The van der Waals surface area contributed by atoms with E-state index in [1.165, 1.54) is 0 Å². The Morgan fingerprint density at radius 1 is 1.03 bits per heavy atom. The predicted molar refractivity (Wildman–Crippen MR) is 122 cm³/mol. The summed E-state index contributed by atoms with van der Waals surface area (Å²) in [4.78, 5) is 48.2. The molecule has 3 rings (SSSR count). The molecule has 0 aliphatic carbocycles. The van der Waals surface area contributed by atoms with Gasteiger partial charge in [-0.15, -0.1) is 0 Å². The lowest BCUT2D eigenvalue weighted by atomic mass is 10.1. The van der Waals surface area contributed by atoms with E-state index in [4.69, 9.17) is 14.2 Å². The molecule has 1 saturated heterocycles. The Bertz CT molecular complexity index is 1030. The van der Waals surface area contributed by atoms with Crippen LogP contribution >= 0.6 is 0 Å². The quantitative estimate of drug-likeness (QED) is 0.451. The molecule has 2 aromatic carbocycles. The number of carbonyl (C=O) groups excluding carboxylic acids is 4. The Balaban J connectivity index is 1.65. The van der Waals surface area contributed by atoms with Gasteiger partial charge in [0.25, 0.3) is 5.91 Å². The third kappa shape index (κ3) is 7.61. The second kappa shape index (κ2) is 10.8. The van der Waals surface area contributed by atoms with Crippen LogP contribution in [0.2, 0.25) is 0 Å². The van der Waals surface area contributed by atoms with Gasteiger partial charge in [-0.1, -0.05) is 42.5 Å². The molecule has 0 spiro atoms. The van der Waals surface area contributed by atoms with E-state index in [0.29, 0.717) is 12.4 Å². The predicted octanol–water partition coefficient (Wildman–Crippen LogP) is 2.66. The van der Waals surface area contributed by atoms with Crippen LogP contribution in [-0.4, -0.2) is 41.6 Å². The van der Waals surface area contributed by atoms with E-state index < -0.39 is 41.6 Å². The van der Waals surface area contributed by atoms with Gasteiger partial charge in [0.2, 0.25) is 5.91 Å². The van der Waals surface area contributed by atoms with Crippen LogP contribution in [0.4, 0.5) is 4.79 Å². The first-order valence-electron chi connectivity index (χ1n) is 10.9. The SMILES string of the molecule is CC(C)(C)OC(=O)N[C@H](Cc1ccc(OCc2ccccc2)cc1)C(=O)O[C@H]1CC(=O)NC1=O. The fraction of sp³-hybridized carbons (Fsp3) is 0.360. The molecule has 180 valence electrons. The number of hydrogen-bond donors (Lipinski definition) is 2. The molecule has 3 amide bonds. The second-order valence-corrected chi connectivity index (χ2v) is 8.86. The van der Waals surface area contributed by atoms with E-state index in [0.717, 1.165) is 11.1 Å². The largest absolute Gasteiger partial charge is 0.489 e. The number of rotatable bonds is 8. The molecule has 2 aromatic rings. The number of carbonyl (C=O) groups is 4. The van der Waals surface area contributed by atoms with Gasteiger partial charge in [0, 0.05) is 6.42 Å². The van der Waals surface area contributed by atoms with E-state index in [1.54, 1.807) is 45.0 Å². The highest BCUT2D eigenvalue weighted by atomic mass is 16.6. The number of ether oxygens (including phenoxy) is 3. The average Bonchev–Trinajstić information content (AvgIpc) is 3.08. The fourth-order valence-electron chi connectivity index (χ4n) is 3.19. The molecule has 0 bridgehead atoms. The van der Waals surface area contributed by atoms with Crippen LogP contribution in [0.1, 0.15) is 38.3 Å². The number of amides is 3. The molecule has 9 nitrogen and oxygen atoms in total. The second-order valence-electron chi connectivity index (χ2n) is 8.86. The number of nitrogens with one attached hydrogen (secondary N) is 2. The van der Waals surface area contributed by atoms with Crippen LogP contribution in [0.5, 0.6) is 5.75 Å². The Morgan fingerprint density at radius 2 is 1.71 bits per heavy atom. The highest BCUT2D eigenvalue weighted by Gasteiger charge is 2.36. The molecular formula is C25H28N2O7. The van der Waals surface area contributed by atoms with Gasteiger partial charge in [-0.05, 0) is 44.0 Å². The first kappa shape index (κ1) is 24.8. The number of imide groups is 1. The minimum absolute atomic E-state index is 0.0827. The molecule has 34 heavy (non-hydrogen) atoms. The highest BCUT2D eigenvalue weighted by Crippen LogP contribution is 2.17. The van der Waals surface area contributed by atoms with E-state index in [-0.39, 0.29) is 12.8 Å². The van der Waals surface area contributed by atoms with Crippen LogP contribution in [0.25, 0.3) is 0 Å². The highest BCUT2D eigenvalue weighted by molar-refractivity contribution is 6.05. The molecule has 0 unspecified atom stereocenters. The lowest BCUT2D eigenvalue weighted by molar-refractivity contribution is -0.156. The Kier molecular flexibility index (Phi) is 7.88. The monoisotopic (exact) mass is 468 g/mol. The smallest absolute Gasteiger partial charge is 0.408 e. The van der Waals surface area contributed by atoms with Gasteiger partial charge in [0.05, 0.1) is 6.42 Å². The summed E-state index contributed by atoms with van der Waals surface area (Å²) < 4.78 is 16.2. The summed E-state index contributed by atoms with van der Waals surface area (Å²) in [5, 5.41) is 4.58. The van der Waals surface area contributed by atoms with Crippen molar-refractivity contribution in [2.24, 2.45) is 0 Å². The van der Waals surface area contributed by atoms with Crippen LogP contribution in [0.3, 0.4) is 0 Å². The van der Waals surface area contributed by atoms with Crippen molar-refractivity contribution in [3.8, 4) is 5.75 Å². The number of hydrogen-bond acceptors (Lipinski definition) is 7. The summed E-state index contributed by atoms with van der Waals surface area (Å²) in [5.41, 5.74) is 0.982. The van der Waals surface area contributed by atoms with E-state index in [2.05, 4.69) is 10.6 Å². The van der Waals surface area contributed by atoms with Crippen molar-refractivity contribution in [2.45, 2.75) is 58.0 Å². The summed E-state index contributed by atoms with van der Waals surface area (Å²) in [7, 11) is 0. The van der Waals surface area contributed by atoms with Crippen molar-refractivity contribution in [2.75, 3.05) is 0 Å². The third-order valence-electron chi connectivity index (χ3n) is 4.77. The van der Waals surface area contributed by atoms with Crippen molar-refractivity contribution in [3.63, 3.8) is 0 Å². The van der Waals surface area contributed by atoms with E-state index >= 15 is 0 Å². The zero-order chi connectivity index (χ0) is 24.7. The van der Waals surface area contributed by atoms with Gasteiger partial charge in [0.15, 0.2) is 6.10 Å². The molecule has 0 saturated carbocycles. The fourth-order valence-corrected chi connectivity index (χ4v) is 3.19. The van der Waals surface area contributed by atoms with Crippen molar-refractivity contribution in [1.82, 2.24) is 10.6 Å². The van der Waals surface area contributed by atoms with Gasteiger partial charge >= 0.3 is 12.1 Å². The molecule has 1 fully saturated rings. The summed E-state index contributed by atoms with van der Waals surface area (Å²) in [5.74, 6) is -1.40. The van der Waals surface area contributed by atoms with Crippen molar-refractivity contribution >= 4 is 23.9 Å². The standard InChI is InChI=1S/C25H28N2O7/c1-25(2,3)34-24(31)26-19(23(30)33-20-14-21(28)27-22(20)29)13-16-9-11-18(12-10-16)32-15-17-7-5-4-6-8-17/h4-12,19-20H,13-15H2,1-3H3,(H,26,31)(H,27,28,29)/t19-,20+/m1/s1. The maximum absolute atomic E-state index is 12.8. The van der Waals surface area contributed by atoms with Crippen LogP contribution < -0.4 is 15.4 Å². The van der Waals surface area contributed by atoms with Crippen LogP contribution in [0, 0.1) is 0 Å². The minimum atomic E-state index is -1.23. The Labute approximate surface area is 197 Å². The Hall–Kier alpha value is -3.88. The van der Waals surface area contributed by atoms with Crippen LogP contribution in [-0.2, 0) is 36.9 Å².